The molecule has 1 aromatic rings. The van der Waals surface area contributed by atoms with Crippen LogP contribution in [0, 0.1) is 5.41 Å². The number of fused-ring (bicyclic) bond motifs is 1. The molecule has 0 saturated heterocycles. The number of hydrogen-bond donors (Lipinski definition) is 2. The quantitative estimate of drug-likeness (QED) is 0.856. The molecule has 3 heteroatoms. The third-order valence-electron chi connectivity index (χ3n) is 4.64. The van der Waals surface area contributed by atoms with Crippen LogP contribution >= 0.6 is 0 Å². The molecule has 2 N–H and O–H groups in total. The fraction of sp³-hybridized carbons (Fsp3) is 0.562. The van der Waals surface area contributed by atoms with E-state index in [4.69, 9.17) is 0 Å². The van der Waals surface area contributed by atoms with Crippen molar-refractivity contribution in [3.05, 3.63) is 29.3 Å². The molecule has 102 valence electrons. The van der Waals surface area contributed by atoms with Crippen molar-refractivity contribution >= 4 is 11.6 Å². The zero-order valence-electron chi connectivity index (χ0n) is 11.8. The Bertz CT molecular complexity index is 507. The van der Waals surface area contributed by atoms with Gasteiger partial charge >= 0.3 is 0 Å². The summed E-state index contributed by atoms with van der Waals surface area (Å²) < 4.78 is 0. The minimum Gasteiger partial charge on any atom is -0.384 e. The first-order valence-corrected chi connectivity index (χ1v) is 7.24. The van der Waals surface area contributed by atoms with Crippen molar-refractivity contribution in [2.75, 3.05) is 11.9 Å². The summed E-state index contributed by atoms with van der Waals surface area (Å²) in [5, 5.41) is 6.54. The van der Waals surface area contributed by atoms with Crippen molar-refractivity contribution in [1.29, 1.82) is 0 Å². The van der Waals surface area contributed by atoms with E-state index in [0.29, 0.717) is 6.04 Å². The zero-order chi connectivity index (χ0) is 13.5. The average molecular weight is 258 g/mol. The molecule has 0 spiro atoms. The van der Waals surface area contributed by atoms with Gasteiger partial charge in [0.05, 0.1) is 0 Å². The van der Waals surface area contributed by atoms with Crippen LogP contribution in [0.4, 0.5) is 5.69 Å². The van der Waals surface area contributed by atoms with Crippen LogP contribution in [0.3, 0.4) is 0 Å². The van der Waals surface area contributed by atoms with Crippen molar-refractivity contribution in [1.82, 2.24) is 5.32 Å². The Labute approximate surface area is 114 Å². The monoisotopic (exact) mass is 258 g/mol. The molecule has 1 unspecified atom stereocenters. The minimum atomic E-state index is 0.0662. The lowest BCUT2D eigenvalue weighted by atomic mass is 9.87. The van der Waals surface area contributed by atoms with E-state index in [9.17, 15) is 4.79 Å². The van der Waals surface area contributed by atoms with E-state index < -0.39 is 0 Å². The number of nitrogens with one attached hydrogen (secondary N) is 2. The molecule has 3 rings (SSSR count). The van der Waals surface area contributed by atoms with Gasteiger partial charge in [0, 0.05) is 23.8 Å². The Morgan fingerprint density at radius 2 is 2.26 bits per heavy atom. The molecule has 1 aromatic carbocycles. The van der Waals surface area contributed by atoms with Crippen LogP contribution in [0.2, 0.25) is 0 Å². The summed E-state index contributed by atoms with van der Waals surface area (Å²) in [6, 6.07) is 6.31. The van der Waals surface area contributed by atoms with E-state index in [1.807, 2.05) is 12.1 Å². The number of benzene rings is 1. The van der Waals surface area contributed by atoms with Crippen LogP contribution in [-0.2, 0) is 6.42 Å². The highest BCUT2D eigenvalue weighted by Gasteiger charge is 2.35. The smallest absolute Gasteiger partial charge is 0.251 e. The lowest BCUT2D eigenvalue weighted by Gasteiger charge is -2.27. The van der Waals surface area contributed by atoms with Gasteiger partial charge in [-0.3, -0.25) is 4.79 Å². The molecule has 1 atom stereocenters. The average Bonchev–Trinajstić information content (AvgIpc) is 2.95. The molecule has 0 aromatic heterocycles. The second-order valence-corrected chi connectivity index (χ2v) is 6.46. The Kier molecular flexibility index (Phi) is 3.00. The molecule has 1 amide bonds. The van der Waals surface area contributed by atoms with Gasteiger partial charge in [-0.05, 0) is 42.4 Å². The standard InChI is InChI=1S/C16H22N2O/c1-16(2)8-3-4-14(16)18-15(19)12-6-5-11-7-9-17-13(11)10-12/h5-6,10,14,17H,3-4,7-9H2,1-2H3,(H,18,19). The highest BCUT2D eigenvalue weighted by molar-refractivity contribution is 5.95. The van der Waals surface area contributed by atoms with Gasteiger partial charge in [0.2, 0.25) is 0 Å². The molecule has 1 aliphatic carbocycles. The van der Waals surface area contributed by atoms with Gasteiger partial charge in [0.25, 0.3) is 5.91 Å². The van der Waals surface area contributed by atoms with E-state index in [-0.39, 0.29) is 11.3 Å². The summed E-state index contributed by atoms with van der Waals surface area (Å²) in [5.74, 6) is 0.0662. The lowest BCUT2D eigenvalue weighted by Crippen LogP contribution is -2.41. The second kappa shape index (κ2) is 4.55. The third-order valence-corrected chi connectivity index (χ3v) is 4.64. The van der Waals surface area contributed by atoms with Crippen molar-refractivity contribution in [2.24, 2.45) is 5.41 Å². The summed E-state index contributed by atoms with van der Waals surface area (Å²) in [7, 11) is 0. The zero-order valence-corrected chi connectivity index (χ0v) is 11.8. The summed E-state index contributed by atoms with van der Waals surface area (Å²) in [6.45, 7) is 5.47. The fourth-order valence-corrected chi connectivity index (χ4v) is 3.27. The van der Waals surface area contributed by atoms with Crippen molar-refractivity contribution in [2.45, 2.75) is 45.6 Å². The molecule has 3 nitrogen and oxygen atoms in total. The SMILES string of the molecule is CC1(C)CCCC1NC(=O)c1ccc2c(c1)NCC2. The molecule has 1 saturated carbocycles. The Hall–Kier alpha value is -1.51. The van der Waals surface area contributed by atoms with Crippen molar-refractivity contribution in [3.8, 4) is 0 Å². The Balaban J connectivity index is 1.74. The van der Waals surface area contributed by atoms with Crippen LogP contribution in [0.5, 0.6) is 0 Å². The van der Waals surface area contributed by atoms with Crippen molar-refractivity contribution < 1.29 is 4.79 Å². The van der Waals surface area contributed by atoms with Gasteiger partial charge < -0.3 is 10.6 Å². The van der Waals surface area contributed by atoms with E-state index in [1.165, 1.54) is 18.4 Å². The molecule has 2 aliphatic rings. The third kappa shape index (κ3) is 2.34. The molecule has 19 heavy (non-hydrogen) atoms. The molecule has 0 radical (unpaired) electrons. The van der Waals surface area contributed by atoms with E-state index >= 15 is 0 Å². The first kappa shape index (κ1) is 12.5. The maximum Gasteiger partial charge on any atom is 0.251 e. The van der Waals surface area contributed by atoms with Gasteiger partial charge in [-0.2, -0.15) is 0 Å². The van der Waals surface area contributed by atoms with E-state index in [0.717, 1.165) is 30.6 Å². The Morgan fingerprint density at radius 1 is 1.42 bits per heavy atom. The van der Waals surface area contributed by atoms with Gasteiger partial charge in [0.15, 0.2) is 0 Å². The van der Waals surface area contributed by atoms with Crippen LogP contribution in [0.1, 0.15) is 49.0 Å². The first-order chi connectivity index (χ1) is 9.06. The topological polar surface area (TPSA) is 41.1 Å². The van der Waals surface area contributed by atoms with E-state index in [1.54, 1.807) is 0 Å². The summed E-state index contributed by atoms with van der Waals surface area (Å²) in [4.78, 5) is 12.3. The number of anilines is 1. The molecular formula is C16H22N2O. The van der Waals surface area contributed by atoms with Gasteiger partial charge in [-0.1, -0.05) is 26.3 Å². The molecule has 1 heterocycles. The maximum atomic E-state index is 12.3. The van der Waals surface area contributed by atoms with Gasteiger partial charge in [-0.15, -0.1) is 0 Å². The van der Waals surface area contributed by atoms with Crippen LogP contribution < -0.4 is 10.6 Å². The second-order valence-electron chi connectivity index (χ2n) is 6.46. The van der Waals surface area contributed by atoms with Crippen LogP contribution in [-0.4, -0.2) is 18.5 Å². The van der Waals surface area contributed by atoms with E-state index in [2.05, 4.69) is 30.5 Å². The summed E-state index contributed by atoms with van der Waals surface area (Å²) >= 11 is 0. The highest BCUT2D eigenvalue weighted by Crippen LogP contribution is 2.37. The summed E-state index contributed by atoms with van der Waals surface area (Å²) in [6.07, 6.45) is 4.57. The number of amides is 1. The number of carbonyl (C=O) groups is 1. The molecule has 0 bridgehead atoms. The Morgan fingerprint density at radius 3 is 3.00 bits per heavy atom. The van der Waals surface area contributed by atoms with Gasteiger partial charge in [-0.25, -0.2) is 0 Å². The van der Waals surface area contributed by atoms with Crippen molar-refractivity contribution in [3.63, 3.8) is 0 Å². The lowest BCUT2D eigenvalue weighted by molar-refractivity contribution is 0.0910. The normalized spacial score (nSPS) is 23.8. The van der Waals surface area contributed by atoms with Crippen LogP contribution in [0.25, 0.3) is 0 Å². The fourth-order valence-electron chi connectivity index (χ4n) is 3.27. The number of rotatable bonds is 2. The van der Waals surface area contributed by atoms with Crippen LogP contribution in [0.15, 0.2) is 18.2 Å². The first-order valence-electron chi connectivity index (χ1n) is 7.24. The number of carbonyl (C=O) groups excluding carboxylic acids is 1. The minimum absolute atomic E-state index is 0.0662. The number of hydrogen-bond acceptors (Lipinski definition) is 2. The molecule has 1 aliphatic heterocycles. The molecule has 1 fully saturated rings. The highest BCUT2D eigenvalue weighted by atomic mass is 16.1. The predicted octanol–water partition coefficient (Wildman–Crippen LogP) is 2.96. The van der Waals surface area contributed by atoms with Gasteiger partial charge in [0.1, 0.15) is 0 Å². The predicted molar refractivity (Wildman–Crippen MR) is 77.5 cm³/mol. The molecular weight excluding hydrogens is 236 g/mol. The maximum absolute atomic E-state index is 12.3. The largest absolute Gasteiger partial charge is 0.384 e. The summed E-state index contributed by atoms with van der Waals surface area (Å²) in [5.41, 5.74) is 3.44.